The molecule has 1 atom stereocenters. The van der Waals surface area contributed by atoms with E-state index in [-0.39, 0.29) is 11.3 Å². The van der Waals surface area contributed by atoms with Crippen molar-refractivity contribution in [3.8, 4) is 0 Å². The first-order valence-corrected chi connectivity index (χ1v) is 11.8. The van der Waals surface area contributed by atoms with Crippen molar-refractivity contribution in [3.63, 3.8) is 0 Å². The molecule has 6 heteroatoms. The highest BCUT2D eigenvalue weighted by Gasteiger charge is 2.49. The Hall–Kier alpha value is -3.64. The summed E-state index contributed by atoms with van der Waals surface area (Å²) in [5.41, 5.74) is 4.32. The summed E-state index contributed by atoms with van der Waals surface area (Å²) in [6.07, 6.45) is 2.94. The number of carbonyl (C=O) groups excluding carboxylic acids is 2. The number of hydrogen-bond acceptors (Lipinski definition) is 5. The van der Waals surface area contributed by atoms with E-state index in [0.29, 0.717) is 17.0 Å². The molecule has 2 aliphatic heterocycles. The molecule has 5 rings (SSSR count). The average molecular weight is 455 g/mol. The molecule has 0 saturated carbocycles. The monoisotopic (exact) mass is 454 g/mol. The topological polar surface area (TPSA) is 59.5 Å². The van der Waals surface area contributed by atoms with Crippen molar-refractivity contribution < 1.29 is 14.3 Å². The van der Waals surface area contributed by atoms with Crippen LogP contribution in [0.2, 0.25) is 0 Å². The fraction of sp³-hybridized carbons (Fsp3) is 0.148. The maximum Gasteiger partial charge on any atom is 0.356 e. The second-order valence-corrected chi connectivity index (χ2v) is 9.00. The number of hydrogen-bond donors (Lipinski definition) is 0. The normalized spacial score (nSPS) is 18.8. The average Bonchev–Trinajstić information content (AvgIpc) is 2.87. The lowest BCUT2D eigenvalue weighted by atomic mass is 10.00. The minimum absolute atomic E-state index is 0.180. The van der Waals surface area contributed by atoms with Crippen LogP contribution < -0.4 is 0 Å². The summed E-state index contributed by atoms with van der Waals surface area (Å²) in [7, 11) is 0. The van der Waals surface area contributed by atoms with Crippen LogP contribution in [0.25, 0.3) is 6.08 Å². The number of benzene rings is 2. The van der Waals surface area contributed by atoms with Gasteiger partial charge in [0.05, 0.1) is 11.3 Å². The molecule has 1 aromatic heterocycles. The summed E-state index contributed by atoms with van der Waals surface area (Å²) in [6, 6.07) is 24.9. The van der Waals surface area contributed by atoms with Crippen LogP contribution in [0, 0.1) is 0 Å². The SMILES string of the molecule is CC1=C(C(=O)OC(c2ccccc2)c2ccccc2)N2C(=O)/C(=C/c3ccccn3)[C@H]2SC1. The van der Waals surface area contributed by atoms with Crippen molar-refractivity contribution in [1.82, 2.24) is 9.88 Å². The van der Waals surface area contributed by atoms with E-state index in [9.17, 15) is 9.59 Å². The van der Waals surface area contributed by atoms with Crippen LogP contribution in [0.1, 0.15) is 29.8 Å². The Balaban J connectivity index is 1.43. The Morgan fingerprint density at radius 2 is 1.67 bits per heavy atom. The van der Waals surface area contributed by atoms with Crippen LogP contribution in [-0.4, -0.2) is 32.9 Å². The second-order valence-electron chi connectivity index (χ2n) is 7.93. The number of amides is 1. The minimum Gasteiger partial charge on any atom is -0.448 e. The van der Waals surface area contributed by atoms with E-state index in [1.165, 1.54) is 0 Å². The molecule has 0 spiro atoms. The molecule has 2 aromatic carbocycles. The van der Waals surface area contributed by atoms with Crippen molar-refractivity contribution in [2.45, 2.75) is 18.4 Å². The Bertz CT molecular complexity index is 1200. The van der Waals surface area contributed by atoms with Crippen LogP contribution in [-0.2, 0) is 14.3 Å². The van der Waals surface area contributed by atoms with Gasteiger partial charge in [-0.15, -0.1) is 11.8 Å². The Morgan fingerprint density at radius 1 is 1.03 bits per heavy atom. The quantitative estimate of drug-likeness (QED) is 0.309. The third-order valence-electron chi connectivity index (χ3n) is 5.68. The molecule has 33 heavy (non-hydrogen) atoms. The van der Waals surface area contributed by atoms with Gasteiger partial charge in [0.15, 0.2) is 6.10 Å². The number of ether oxygens (including phenoxy) is 1. The maximum absolute atomic E-state index is 13.5. The van der Waals surface area contributed by atoms with Gasteiger partial charge >= 0.3 is 5.97 Å². The van der Waals surface area contributed by atoms with Gasteiger partial charge in [0.2, 0.25) is 0 Å². The first-order valence-electron chi connectivity index (χ1n) is 10.7. The molecule has 0 radical (unpaired) electrons. The van der Waals surface area contributed by atoms with Gasteiger partial charge in [-0.3, -0.25) is 14.7 Å². The van der Waals surface area contributed by atoms with Gasteiger partial charge in [-0.05, 0) is 41.8 Å². The van der Waals surface area contributed by atoms with E-state index >= 15 is 0 Å². The first kappa shape index (κ1) is 21.2. The van der Waals surface area contributed by atoms with E-state index in [1.807, 2.05) is 85.8 Å². The molecule has 3 aromatic rings. The van der Waals surface area contributed by atoms with Crippen LogP contribution in [0.3, 0.4) is 0 Å². The number of esters is 1. The number of aromatic nitrogens is 1. The van der Waals surface area contributed by atoms with Gasteiger partial charge in [0.1, 0.15) is 11.1 Å². The van der Waals surface area contributed by atoms with Gasteiger partial charge in [-0.1, -0.05) is 66.7 Å². The predicted octanol–water partition coefficient (Wildman–Crippen LogP) is 4.99. The Kier molecular flexibility index (Phi) is 5.84. The lowest BCUT2D eigenvalue weighted by molar-refractivity contribution is -0.149. The standard InChI is InChI=1S/C27H22N2O3S/c1-18-17-33-26-22(16-21-14-8-9-15-28-21)25(30)29(26)23(18)27(31)32-24(19-10-4-2-5-11-19)20-12-6-3-7-13-20/h2-16,24,26H,17H2,1H3/b22-16-/t26-/m1/s1. The van der Waals surface area contributed by atoms with Crippen molar-refractivity contribution >= 4 is 29.7 Å². The summed E-state index contributed by atoms with van der Waals surface area (Å²) in [4.78, 5) is 32.4. The molecule has 2 aliphatic rings. The smallest absolute Gasteiger partial charge is 0.356 e. The number of thioether (sulfide) groups is 1. The maximum atomic E-state index is 13.5. The summed E-state index contributed by atoms with van der Waals surface area (Å²) < 4.78 is 6.06. The van der Waals surface area contributed by atoms with E-state index in [2.05, 4.69) is 4.98 Å². The highest BCUT2D eigenvalue weighted by molar-refractivity contribution is 8.00. The molecule has 0 unspecified atom stereocenters. The molecule has 164 valence electrons. The number of carbonyl (C=O) groups is 2. The first-order chi connectivity index (χ1) is 16.1. The summed E-state index contributed by atoms with van der Waals surface area (Å²) >= 11 is 1.63. The number of pyridine rings is 1. The molecule has 1 fully saturated rings. The Morgan fingerprint density at radius 3 is 2.27 bits per heavy atom. The summed E-state index contributed by atoms with van der Waals surface area (Å²) in [5, 5.41) is -0.211. The van der Waals surface area contributed by atoms with Gasteiger partial charge in [0, 0.05) is 11.9 Å². The molecule has 5 nitrogen and oxygen atoms in total. The molecular formula is C27H22N2O3S. The number of fused-ring (bicyclic) bond motifs is 1. The van der Waals surface area contributed by atoms with Crippen LogP contribution >= 0.6 is 11.8 Å². The van der Waals surface area contributed by atoms with E-state index in [0.717, 1.165) is 22.4 Å². The van der Waals surface area contributed by atoms with E-state index in [1.54, 1.807) is 28.9 Å². The molecule has 0 N–H and O–H groups in total. The zero-order chi connectivity index (χ0) is 22.8. The van der Waals surface area contributed by atoms with Gasteiger partial charge in [-0.2, -0.15) is 0 Å². The summed E-state index contributed by atoms with van der Waals surface area (Å²) in [6.45, 7) is 1.88. The van der Waals surface area contributed by atoms with E-state index in [4.69, 9.17) is 4.74 Å². The number of rotatable bonds is 5. The summed E-state index contributed by atoms with van der Waals surface area (Å²) in [5.74, 6) is -0.0133. The molecule has 0 bridgehead atoms. The molecule has 1 amide bonds. The van der Waals surface area contributed by atoms with Crippen molar-refractivity contribution in [2.24, 2.45) is 0 Å². The van der Waals surface area contributed by atoms with Crippen LogP contribution in [0.4, 0.5) is 0 Å². The van der Waals surface area contributed by atoms with Crippen molar-refractivity contribution in [3.05, 3.63) is 119 Å². The predicted molar refractivity (Wildman–Crippen MR) is 129 cm³/mol. The second kappa shape index (κ2) is 9.08. The lowest BCUT2D eigenvalue weighted by Gasteiger charge is -2.46. The molecule has 0 aliphatic carbocycles. The van der Waals surface area contributed by atoms with E-state index < -0.39 is 12.1 Å². The zero-order valence-electron chi connectivity index (χ0n) is 18.0. The fourth-order valence-electron chi connectivity index (χ4n) is 4.06. The Labute approximate surface area is 196 Å². The van der Waals surface area contributed by atoms with Gasteiger partial charge in [-0.25, -0.2) is 4.79 Å². The molecule has 3 heterocycles. The van der Waals surface area contributed by atoms with Crippen molar-refractivity contribution in [1.29, 1.82) is 0 Å². The van der Waals surface area contributed by atoms with Gasteiger partial charge < -0.3 is 4.74 Å². The molecule has 1 saturated heterocycles. The lowest BCUT2D eigenvalue weighted by Crippen LogP contribution is -2.56. The van der Waals surface area contributed by atoms with Crippen LogP contribution in [0.5, 0.6) is 0 Å². The highest BCUT2D eigenvalue weighted by atomic mass is 32.2. The third kappa shape index (κ3) is 4.10. The third-order valence-corrected chi connectivity index (χ3v) is 7.06. The van der Waals surface area contributed by atoms with Crippen molar-refractivity contribution in [2.75, 3.05) is 5.75 Å². The highest BCUT2D eigenvalue weighted by Crippen LogP contribution is 2.44. The number of β-lactam (4-membered cyclic amide) rings is 1. The van der Waals surface area contributed by atoms with Gasteiger partial charge in [0.25, 0.3) is 5.91 Å². The molecular weight excluding hydrogens is 432 g/mol. The number of nitrogens with zero attached hydrogens (tertiary/aromatic N) is 2. The largest absolute Gasteiger partial charge is 0.448 e. The minimum atomic E-state index is -0.562. The fourth-order valence-corrected chi connectivity index (χ4v) is 5.30. The zero-order valence-corrected chi connectivity index (χ0v) is 18.9. The van der Waals surface area contributed by atoms with Crippen LogP contribution in [0.15, 0.2) is 102 Å².